The van der Waals surface area contributed by atoms with Gasteiger partial charge in [-0.25, -0.2) is 0 Å². The Bertz CT molecular complexity index is 343. The maximum absolute atomic E-state index is 12.0. The Morgan fingerprint density at radius 3 is 2.75 bits per heavy atom. The van der Waals surface area contributed by atoms with E-state index in [0.29, 0.717) is 25.0 Å². The molecule has 0 bridgehead atoms. The van der Waals surface area contributed by atoms with Crippen LogP contribution in [0, 0.1) is 5.41 Å². The van der Waals surface area contributed by atoms with Crippen LogP contribution in [0.1, 0.15) is 19.3 Å². The molecule has 88 valence electrons. The highest BCUT2D eigenvalue weighted by Crippen LogP contribution is 2.37. The molecule has 0 N–H and O–H groups in total. The highest BCUT2D eigenvalue weighted by Gasteiger charge is 2.46. The molecule has 0 spiro atoms. The van der Waals surface area contributed by atoms with Crippen molar-refractivity contribution in [3.63, 3.8) is 0 Å². The number of ketones is 1. The molecule has 4 nitrogen and oxygen atoms in total. The Balaban J connectivity index is 3.05. The molecule has 0 unspecified atom stereocenters. The monoisotopic (exact) mass is 224 g/mol. The van der Waals surface area contributed by atoms with E-state index in [4.69, 9.17) is 9.47 Å². The number of methoxy groups -OCH3 is 2. The van der Waals surface area contributed by atoms with Crippen LogP contribution in [0.2, 0.25) is 0 Å². The van der Waals surface area contributed by atoms with Gasteiger partial charge >= 0.3 is 5.97 Å². The normalized spacial score (nSPS) is 24.6. The average molecular weight is 224 g/mol. The van der Waals surface area contributed by atoms with Gasteiger partial charge < -0.3 is 9.47 Å². The van der Waals surface area contributed by atoms with Gasteiger partial charge in [-0.2, -0.15) is 0 Å². The maximum atomic E-state index is 12.0. The lowest BCUT2D eigenvalue weighted by atomic mass is 9.73. The first-order chi connectivity index (χ1) is 7.60. The van der Waals surface area contributed by atoms with Crippen LogP contribution in [0.5, 0.6) is 0 Å². The SMILES string of the molecule is C=CC[C@]1(C(=O)OC)CCC(OC)=CC1=O. The van der Waals surface area contributed by atoms with Gasteiger partial charge in [0.1, 0.15) is 5.41 Å². The van der Waals surface area contributed by atoms with Gasteiger partial charge in [-0.3, -0.25) is 9.59 Å². The summed E-state index contributed by atoms with van der Waals surface area (Å²) in [4.78, 5) is 23.7. The number of ether oxygens (including phenoxy) is 2. The summed E-state index contributed by atoms with van der Waals surface area (Å²) in [7, 11) is 2.80. The molecule has 0 aromatic heterocycles. The summed E-state index contributed by atoms with van der Waals surface area (Å²) in [6.45, 7) is 3.58. The summed E-state index contributed by atoms with van der Waals surface area (Å²) in [5, 5.41) is 0. The van der Waals surface area contributed by atoms with Gasteiger partial charge in [-0.05, 0) is 12.8 Å². The summed E-state index contributed by atoms with van der Waals surface area (Å²) in [5.41, 5.74) is -1.10. The first-order valence-corrected chi connectivity index (χ1v) is 5.09. The van der Waals surface area contributed by atoms with Gasteiger partial charge in [0, 0.05) is 12.5 Å². The van der Waals surface area contributed by atoms with Gasteiger partial charge in [-0.1, -0.05) is 6.08 Å². The summed E-state index contributed by atoms with van der Waals surface area (Å²) in [5.74, 6) is -0.153. The molecule has 16 heavy (non-hydrogen) atoms. The molecule has 1 rings (SSSR count). The molecule has 0 saturated carbocycles. The molecule has 0 aliphatic heterocycles. The zero-order chi connectivity index (χ0) is 12.2. The van der Waals surface area contributed by atoms with Crippen molar-refractivity contribution in [1.29, 1.82) is 0 Å². The summed E-state index contributed by atoms with van der Waals surface area (Å²) < 4.78 is 9.72. The van der Waals surface area contributed by atoms with Gasteiger partial charge in [-0.15, -0.1) is 6.58 Å². The second kappa shape index (κ2) is 4.96. The van der Waals surface area contributed by atoms with Crippen molar-refractivity contribution in [2.75, 3.05) is 14.2 Å². The standard InChI is InChI=1S/C12H16O4/c1-4-6-12(11(14)16-3)7-5-9(15-2)8-10(12)13/h4,8H,1,5-7H2,2-3H3/t12-/m0/s1. The molecule has 0 radical (unpaired) electrons. The second-order valence-corrected chi connectivity index (χ2v) is 3.75. The molecule has 1 aliphatic rings. The Morgan fingerprint density at radius 1 is 1.62 bits per heavy atom. The lowest BCUT2D eigenvalue weighted by Crippen LogP contribution is -2.41. The van der Waals surface area contributed by atoms with E-state index in [1.54, 1.807) is 6.08 Å². The van der Waals surface area contributed by atoms with E-state index in [-0.39, 0.29) is 5.78 Å². The van der Waals surface area contributed by atoms with Crippen LogP contribution in [0.15, 0.2) is 24.5 Å². The molecule has 0 heterocycles. The van der Waals surface area contributed by atoms with Crippen molar-refractivity contribution in [2.24, 2.45) is 5.41 Å². The first-order valence-electron chi connectivity index (χ1n) is 5.09. The number of carbonyl (C=O) groups is 2. The van der Waals surface area contributed by atoms with E-state index in [1.807, 2.05) is 0 Å². The number of esters is 1. The van der Waals surface area contributed by atoms with Crippen LogP contribution < -0.4 is 0 Å². The number of rotatable bonds is 4. The molecule has 4 heteroatoms. The zero-order valence-corrected chi connectivity index (χ0v) is 9.62. The Labute approximate surface area is 94.9 Å². The molecular formula is C12H16O4. The van der Waals surface area contributed by atoms with Crippen LogP contribution in [-0.4, -0.2) is 26.0 Å². The molecule has 0 saturated heterocycles. The van der Waals surface area contributed by atoms with Crippen molar-refractivity contribution in [2.45, 2.75) is 19.3 Å². The average Bonchev–Trinajstić information content (AvgIpc) is 2.30. The Morgan fingerprint density at radius 2 is 2.31 bits per heavy atom. The minimum atomic E-state index is -1.10. The molecule has 1 aliphatic carbocycles. The molecule has 0 amide bonds. The maximum Gasteiger partial charge on any atom is 0.320 e. The van der Waals surface area contributed by atoms with Gasteiger partial charge in [0.15, 0.2) is 5.78 Å². The second-order valence-electron chi connectivity index (χ2n) is 3.75. The predicted molar refractivity (Wildman–Crippen MR) is 58.6 cm³/mol. The molecule has 0 fully saturated rings. The van der Waals surface area contributed by atoms with Gasteiger partial charge in [0.25, 0.3) is 0 Å². The summed E-state index contributed by atoms with van der Waals surface area (Å²) >= 11 is 0. The first kappa shape index (κ1) is 12.5. The topological polar surface area (TPSA) is 52.6 Å². The van der Waals surface area contributed by atoms with Crippen LogP contribution in [-0.2, 0) is 19.1 Å². The van der Waals surface area contributed by atoms with E-state index >= 15 is 0 Å². The molecule has 0 aromatic carbocycles. The van der Waals surface area contributed by atoms with Crippen LogP contribution >= 0.6 is 0 Å². The predicted octanol–water partition coefficient (Wildman–Crippen LogP) is 1.62. The van der Waals surface area contributed by atoms with Crippen LogP contribution in [0.3, 0.4) is 0 Å². The van der Waals surface area contributed by atoms with Crippen molar-refractivity contribution >= 4 is 11.8 Å². The van der Waals surface area contributed by atoms with Crippen molar-refractivity contribution in [1.82, 2.24) is 0 Å². The molecule has 0 aromatic rings. The fraction of sp³-hybridized carbons (Fsp3) is 0.500. The van der Waals surface area contributed by atoms with Crippen LogP contribution in [0.4, 0.5) is 0 Å². The highest BCUT2D eigenvalue weighted by atomic mass is 16.5. The van der Waals surface area contributed by atoms with Crippen molar-refractivity contribution < 1.29 is 19.1 Å². The van der Waals surface area contributed by atoms with Crippen molar-refractivity contribution in [3.05, 3.63) is 24.5 Å². The third-order valence-corrected chi connectivity index (χ3v) is 2.89. The minimum absolute atomic E-state index is 0.262. The van der Waals surface area contributed by atoms with E-state index < -0.39 is 11.4 Å². The lowest BCUT2D eigenvalue weighted by molar-refractivity contribution is -0.157. The van der Waals surface area contributed by atoms with Crippen molar-refractivity contribution in [3.8, 4) is 0 Å². The van der Waals surface area contributed by atoms with Crippen LogP contribution in [0.25, 0.3) is 0 Å². The Hall–Kier alpha value is -1.58. The quantitative estimate of drug-likeness (QED) is 0.413. The molecular weight excluding hydrogens is 208 g/mol. The van der Waals surface area contributed by atoms with E-state index in [1.165, 1.54) is 20.3 Å². The van der Waals surface area contributed by atoms with Gasteiger partial charge in [0.05, 0.1) is 20.0 Å². The van der Waals surface area contributed by atoms with E-state index in [0.717, 1.165) is 0 Å². The fourth-order valence-corrected chi connectivity index (χ4v) is 1.91. The van der Waals surface area contributed by atoms with Gasteiger partial charge in [0.2, 0.25) is 0 Å². The third-order valence-electron chi connectivity index (χ3n) is 2.89. The van der Waals surface area contributed by atoms with E-state index in [9.17, 15) is 9.59 Å². The largest absolute Gasteiger partial charge is 0.501 e. The Kier molecular flexibility index (Phi) is 3.88. The zero-order valence-electron chi connectivity index (χ0n) is 9.62. The number of hydrogen-bond donors (Lipinski definition) is 0. The van der Waals surface area contributed by atoms with E-state index in [2.05, 4.69) is 6.58 Å². The minimum Gasteiger partial charge on any atom is -0.501 e. The third kappa shape index (κ3) is 2.01. The smallest absolute Gasteiger partial charge is 0.320 e. The fourth-order valence-electron chi connectivity index (χ4n) is 1.91. The number of hydrogen-bond acceptors (Lipinski definition) is 4. The number of allylic oxidation sites excluding steroid dienone is 3. The lowest BCUT2D eigenvalue weighted by Gasteiger charge is -2.30. The molecule has 1 atom stereocenters. The number of carbonyl (C=O) groups excluding carboxylic acids is 2. The summed E-state index contributed by atoms with van der Waals surface area (Å²) in [6, 6.07) is 0. The summed E-state index contributed by atoms with van der Waals surface area (Å²) in [6.07, 6.45) is 4.21. The highest BCUT2D eigenvalue weighted by molar-refractivity contribution is 6.10.